The zero-order valence-corrected chi connectivity index (χ0v) is 22.8. The Kier molecular flexibility index (Phi) is 8.99. The number of hydrogen-bond acceptors (Lipinski definition) is 4. The highest BCUT2D eigenvalue weighted by molar-refractivity contribution is 8.23. The Morgan fingerprint density at radius 3 is 1.31 bits per heavy atom. The van der Waals surface area contributed by atoms with E-state index in [2.05, 4.69) is 97.3 Å². The van der Waals surface area contributed by atoms with Crippen LogP contribution in [0.1, 0.15) is 22.3 Å². The molecule has 176 valence electrons. The average molecular weight is 531 g/mol. The van der Waals surface area contributed by atoms with E-state index in [0.717, 1.165) is 26.4 Å². The number of nitrogens with one attached hydrogen (secondary N) is 2. The van der Waals surface area contributed by atoms with Crippen LogP contribution in [0.4, 0.5) is 11.4 Å². The van der Waals surface area contributed by atoms with Gasteiger partial charge in [-0.1, -0.05) is 109 Å². The van der Waals surface area contributed by atoms with Crippen LogP contribution in [0, 0.1) is 13.8 Å². The fourth-order valence-electron chi connectivity index (χ4n) is 3.48. The van der Waals surface area contributed by atoms with Crippen molar-refractivity contribution in [2.75, 3.05) is 10.6 Å². The Bertz CT molecular complexity index is 1210. The standard InChI is InChI=1S/C29H26N2S4/c1-20-7-3-5-9-26(20)34-28(32)30-24-15-11-22(12-16-24)19-23-13-17-25(18-14-23)31-29(33)35-27-10-6-4-8-21(27)2/h3-18H,19H2,1-2H3,(H,30,32)(H,31,33). The molecule has 0 saturated carbocycles. The Hall–Kier alpha value is -2.64. The minimum Gasteiger partial charge on any atom is -0.341 e. The predicted octanol–water partition coefficient (Wildman–Crippen LogP) is 8.87. The molecule has 0 aromatic heterocycles. The van der Waals surface area contributed by atoms with Gasteiger partial charge in [-0.05, 0) is 78.9 Å². The summed E-state index contributed by atoms with van der Waals surface area (Å²) in [5, 5.41) is 6.65. The molecule has 0 heterocycles. The minimum absolute atomic E-state index is 0.744. The number of thioether (sulfide) groups is 2. The van der Waals surface area contributed by atoms with E-state index in [4.69, 9.17) is 24.4 Å². The van der Waals surface area contributed by atoms with Crippen molar-refractivity contribution in [3.05, 3.63) is 119 Å². The van der Waals surface area contributed by atoms with Crippen molar-refractivity contribution in [3.63, 3.8) is 0 Å². The first-order valence-corrected chi connectivity index (χ1v) is 13.7. The molecule has 0 bridgehead atoms. The summed E-state index contributed by atoms with van der Waals surface area (Å²) in [6.07, 6.45) is 0.866. The van der Waals surface area contributed by atoms with Crippen molar-refractivity contribution in [1.29, 1.82) is 0 Å². The van der Waals surface area contributed by atoms with Crippen LogP contribution in [0.5, 0.6) is 0 Å². The maximum absolute atomic E-state index is 5.54. The Balaban J connectivity index is 1.28. The maximum Gasteiger partial charge on any atom is 0.143 e. The first-order chi connectivity index (χ1) is 17.0. The predicted molar refractivity (Wildman–Crippen MR) is 162 cm³/mol. The highest BCUT2D eigenvalue weighted by Gasteiger charge is 2.06. The van der Waals surface area contributed by atoms with E-state index in [-0.39, 0.29) is 0 Å². The van der Waals surface area contributed by atoms with Gasteiger partial charge in [-0.15, -0.1) is 0 Å². The molecule has 0 saturated heterocycles. The van der Waals surface area contributed by atoms with Gasteiger partial charge in [0.1, 0.15) is 8.64 Å². The summed E-state index contributed by atoms with van der Waals surface area (Å²) in [4.78, 5) is 2.35. The average Bonchev–Trinajstić information content (AvgIpc) is 2.84. The van der Waals surface area contributed by atoms with Crippen molar-refractivity contribution in [2.24, 2.45) is 0 Å². The lowest BCUT2D eigenvalue weighted by molar-refractivity contribution is 1.19. The van der Waals surface area contributed by atoms with Crippen LogP contribution in [0.2, 0.25) is 0 Å². The monoisotopic (exact) mass is 530 g/mol. The van der Waals surface area contributed by atoms with Crippen LogP contribution in [-0.4, -0.2) is 8.64 Å². The van der Waals surface area contributed by atoms with Crippen molar-refractivity contribution in [3.8, 4) is 0 Å². The second kappa shape index (κ2) is 12.4. The number of benzene rings is 4. The summed E-state index contributed by atoms with van der Waals surface area (Å²) in [5.74, 6) is 0. The number of thiocarbonyl (C=S) groups is 2. The van der Waals surface area contributed by atoms with Crippen LogP contribution < -0.4 is 10.6 Å². The molecular formula is C29H26N2S4. The van der Waals surface area contributed by atoms with Gasteiger partial charge in [0.25, 0.3) is 0 Å². The minimum atomic E-state index is 0.744. The van der Waals surface area contributed by atoms with E-state index < -0.39 is 0 Å². The number of anilines is 2. The molecule has 0 spiro atoms. The van der Waals surface area contributed by atoms with E-state index in [1.165, 1.54) is 32.0 Å². The molecule has 0 aliphatic carbocycles. The molecule has 0 atom stereocenters. The molecule has 0 amide bonds. The summed E-state index contributed by atoms with van der Waals surface area (Å²) in [6, 6.07) is 33.4. The molecule has 2 N–H and O–H groups in total. The third-order valence-electron chi connectivity index (χ3n) is 5.40. The van der Waals surface area contributed by atoms with Crippen LogP contribution in [0.25, 0.3) is 0 Å². The zero-order chi connectivity index (χ0) is 24.6. The van der Waals surface area contributed by atoms with E-state index in [0.29, 0.717) is 0 Å². The number of hydrogen-bond donors (Lipinski definition) is 2. The van der Waals surface area contributed by atoms with E-state index in [1.54, 1.807) is 23.5 Å². The first-order valence-electron chi connectivity index (χ1n) is 11.2. The van der Waals surface area contributed by atoms with Crippen LogP contribution >= 0.6 is 48.0 Å². The largest absolute Gasteiger partial charge is 0.341 e. The number of rotatable bonds is 6. The van der Waals surface area contributed by atoms with Crippen molar-refractivity contribution >= 4 is 68.0 Å². The van der Waals surface area contributed by atoms with E-state index >= 15 is 0 Å². The molecular weight excluding hydrogens is 505 g/mol. The summed E-state index contributed by atoms with van der Waals surface area (Å²) in [7, 11) is 0. The summed E-state index contributed by atoms with van der Waals surface area (Å²) in [5.41, 5.74) is 6.95. The van der Waals surface area contributed by atoms with Crippen LogP contribution in [-0.2, 0) is 6.42 Å². The Morgan fingerprint density at radius 1 is 0.571 bits per heavy atom. The van der Waals surface area contributed by atoms with Gasteiger partial charge in [0, 0.05) is 21.2 Å². The zero-order valence-electron chi connectivity index (χ0n) is 19.6. The molecule has 4 aromatic carbocycles. The van der Waals surface area contributed by atoms with Gasteiger partial charge in [-0.3, -0.25) is 0 Å². The molecule has 0 fully saturated rings. The molecule has 0 radical (unpaired) electrons. The molecule has 4 aromatic rings. The number of aryl methyl sites for hydroxylation is 2. The molecule has 4 rings (SSSR count). The van der Waals surface area contributed by atoms with Gasteiger partial charge < -0.3 is 10.6 Å². The normalized spacial score (nSPS) is 10.6. The van der Waals surface area contributed by atoms with E-state index in [1.807, 2.05) is 24.3 Å². The summed E-state index contributed by atoms with van der Waals surface area (Å²) in [6.45, 7) is 4.20. The van der Waals surface area contributed by atoms with Crippen LogP contribution in [0.3, 0.4) is 0 Å². The van der Waals surface area contributed by atoms with Gasteiger partial charge in [-0.2, -0.15) is 0 Å². The van der Waals surface area contributed by atoms with Crippen molar-refractivity contribution in [1.82, 2.24) is 0 Å². The summed E-state index contributed by atoms with van der Waals surface area (Å²) >= 11 is 14.2. The highest BCUT2D eigenvalue weighted by atomic mass is 32.2. The smallest absolute Gasteiger partial charge is 0.143 e. The van der Waals surface area contributed by atoms with Crippen molar-refractivity contribution < 1.29 is 0 Å². The molecule has 0 aliphatic rings. The molecule has 2 nitrogen and oxygen atoms in total. The lowest BCUT2D eigenvalue weighted by atomic mass is 10.0. The van der Waals surface area contributed by atoms with E-state index in [9.17, 15) is 0 Å². The molecule has 6 heteroatoms. The second-order valence-corrected chi connectivity index (χ2v) is 11.6. The topological polar surface area (TPSA) is 24.1 Å². The third kappa shape index (κ3) is 7.67. The first kappa shape index (κ1) is 25.5. The quantitative estimate of drug-likeness (QED) is 0.191. The van der Waals surface area contributed by atoms with Gasteiger partial charge in [-0.25, -0.2) is 0 Å². The fourth-order valence-corrected chi connectivity index (χ4v) is 5.74. The van der Waals surface area contributed by atoms with Gasteiger partial charge in [0.2, 0.25) is 0 Å². The van der Waals surface area contributed by atoms with Gasteiger partial charge in [0.15, 0.2) is 0 Å². The van der Waals surface area contributed by atoms with Gasteiger partial charge in [0.05, 0.1) is 0 Å². The molecule has 0 unspecified atom stereocenters. The Labute approximate surface area is 226 Å². The third-order valence-corrected chi connectivity index (χ3v) is 8.04. The molecule has 0 aliphatic heterocycles. The summed E-state index contributed by atoms with van der Waals surface area (Å²) < 4.78 is 1.49. The Morgan fingerprint density at radius 2 is 0.943 bits per heavy atom. The maximum atomic E-state index is 5.54. The lowest BCUT2D eigenvalue weighted by Gasteiger charge is -2.11. The highest BCUT2D eigenvalue weighted by Crippen LogP contribution is 2.26. The van der Waals surface area contributed by atoms with Gasteiger partial charge >= 0.3 is 0 Å². The second-order valence-electron chi connectivity index (χ2n) is 8.13. The lowest BCUT2D eigenvalue weighted by Crippen LogP contribution is -2.05. The SMILES string of the molecule is Cc1ccccc1SC(=S)Nc1ccc(Cc2ccc(NC(=S)Sc3ccccc3C)cc2)cc1. The van der Waals surface area contributed by atoms with Crippen LogP contribution in [0.15, 0.2) is 107 Å². The van der Waals surface area contributed by atoms with Crippen molar-refractivity contribution in [2.45, 2.75) is 30.1 Å². The molecule has 35 heavy (non-hydrogen) atoms. The fraction of sp³-hybridized carbons (Fsp3) is 0.103.